The van der Waals surface area contributed by atoms with Crippen LogP contribution in [0.4, 0.5) is 0 Å². The summed E-state index contributed by atoms with van der Waals surface area (Å²) in [6, 6.07) is 0. The first-order valence-corrected chi connectivity index (χ1v) is 11.7. The molecule has 25 heavy (non-hydrogen) atoms. The highest BCUT2D eigenvalue weighted by atomic mass is 35.5. The lowest BCUT2D eigenvalue weighted by Gasteiger charge is -2.33. The van der Waals surface area contributed by atoms with Crippen molar-refractivity contribution in [3.8, 4) is 0 Å². The monoisotopic (exact) mass is 368 g/mol. The van der Waals surface area contributed by atoms with Crippen LogP contribution >= 0.6 is 11.6 Å². The number of hydrogen-bond donors (Lipinski definition) is 0. The van der Waals surface area contributed by atoms with Gasteiger partial charge in [-0.15, -0.1) is 11.6 Å². The van der Waals surface area contributed by atoms with Gasteiger partial charge in [-0.3, -0.25) is 0 Å². The number of alkyl halides is 1. The zero-order chi connectivity index (χ0) is 18.7. The molecule has 3 saturated carbocycles. The van der Waals surface area contributed by atoms with Gasteiger partial charge >= 0.3 is 0 Å². The number of hydrogen-bond acceptors (Lipinski definition) is 0. The van der Waals surface area contributed by atoms with Gasteiger partial charge in [-0.25, -0.2) is 0 Å². The van der Waals surface area contributed by atoms with E-state index in [9.17, 15) is 0 Å². The van der Waals surface area contributed by atoms with Crippen molar-refractivity contribution in [1.29, 1.82) is 0 Å². The highest BCUT2D eigenvalue weighted by Crippen LogP contribution is 2.37. The second-order valence-corrected chi connectivity index (χ2v) is 9.69. The predicted octanol–water partition coefficient (Wildman–Crippen LogP) is 8.64. The van der Waals surface area contributed by atoms with Crippen LogP contribution in [0.5, 0.6) is 0 Å². The van der Waals surface area contributed by atoms with Crippen LogP contribution in [0, 0.1) is 29.6 Å². The lowest BCUT2D eigenvalue weighted by atomic mass is 9.74. The van der Waals surface area contributed by atoms with Gasteiger partial charge in [-0.2, -0.15) is 0 Å². The summed E-state index contributed by atoms with van der Waals surface area (Å²) >= 11 is 5.88. The Kier molecular flexibility index (Phi) is 12.2. The van der Waals surface area contributed by atoms with Crippen LogP contribution in [0.1, 0.15) is 105 Å². The Morgan fingerprint density at radius 2 is 1.28 bits per heavy atom. The van der Waals surface area contributed by atoms with Gasteiger partial charge < -0.3 is 0 Å². The van der Waals surface area contributed by atoms with Crippen LogP contribution in [-0.2, 0) is 0 Å². The van der Waals surface area contributed by atoms with E-state index in [2.05, 4.69) is 34.3 Å². The molecule has 3 fully saturated rings. The summed E-state index contributed by atoms with van der Waals surface area (Å²) in [4.78, 5) is 0. The molecule has 0 spiro atoms. The summed E-state index contributed by atoms with van der Waals surface area (Å²) in [5, 5.41) is 0. The molecular weight excluding hydrogens is 324 g/mol. The van der Waals surface area contributed by atoms with Gasteiger partial charge in [0.2, 0.25) is 0 Å². The maximum Gasteiger partial charge on any atom is 0.0254 e. The fourth-order valence-corrected chi connectivity index (χ4v) is 5.03. The van der Waals surface area contributed by atoms with E-state index in [4.69, 9.17) is 11.6 Å². The van der Waals surface area contributed by atoms with Crippen molar-refractivity contribution < 1.29 is 0 Å². The Balaban J connectivity index is 0.000000203. The molecule has 3 unspecified atom stereocenters. The standard InChI is InChI=1S/C11H19Cl.C7H14.C6H12/c1-8(2)10-4-5-11(7-12)9(3)6-10;1-7-5-3-2-4-6-7;1-6-4-2-3-5-6/h9-11H,1,4-7H2,2-3H3;7H,2-6H2,1H3;6H,2-5H2,1H3. The summed E-state index contributed by atoms with van der Waals surface area (Å²) in [5.41, 5.74) is 1.36. The molecule has 0 N–H and O–H groups in total. The van der Waals surface area contributed by atoms with E-state index in [1.54, 1.807) is 0 Å². The van der Waals surface area contributed by atoms with Crippen molar-refractivity contribution in [2.24, 2.45) is 29.6 Å². The van der Waals surface area contributed by atoms with Gasteiger partial charge in [-0.1, -0.05) is 90.7 Å². The molecule has 3 atom stereocenters. The molecular formula is C24H45Cl. The lowest BCUT2D eigenvalue weighted by molar-refractivity contribution is 0.233. The van der Waals surface area contributed by atoms with Gasteiger partial charge in [0.25, 0.3) is 0 Å². The van der Waals surface area contributed by atoms with E-state index in [0.717, 1.165) is 35.5 Å². The maximum absolute atomic E-state index is 5.88. The average Bonchev–Trinajstić information content (AvgIpc) is 3.07. The molecule has 3 aliphatic carbocycles. The number of rotatable bonds is 2. The maximum atomic E-state index is 5.88. The Morgan fingerprint density at radius 1 is 0.800 bits per heavy atom. The van der Waals surface area contributed by atoms with Crippen molar-refractivity contribution in [1.82, 2.24) is 0 Å². The van der Waals surface area contributed by atoms with Gasteiger partial charge in [-0.05, 0) is 55.8 Å². The van der Waals surface area contributed by atoms with E-state index in [0.29, 0.717) is 0 Å². The minimum atomic E-state index is 0.752. The SMILES string of the molecule is C=C(C)C1CCC(CCl)C(C)C1.CC1CCCC1.CC1CCCCC1. The van der Waals surface area contributed by atoms with Crippen molar-refractivity contribution in [2.45, 2.75) is 105 Å². The molecule has 0 saturated heterocycles. The first-order valence-electron chi connectivity index (χ1n) is 11.1. The zero-order valence-electron chi connectivity index (χ0n) is 17.7. The fraction of sp³-hybridized carbons (Fsp3) is 0.917. The number of halogens is 1. The molecule has 0 aromatic heterocycles. The summed E-state index contributed by atoms with van der Waals surface area (Å²) in [7, 11) is 0. The molecule has 0 amide bonds. The Labute approximate surface area is 164 Å². The van der Waals surface area contributed by atoms with Crippen LogP contribution in [0.15, 0.2) is 12.2 Å². The number of allylic oxidation sites excluding steroid dienone is 1. The van der Waals surface area contributed by atoms with Gasteiger partial charge in [0, 0.05) is 5.88 Å². The van der Waals surface area contributed by atoms with Crippen molar-refractivity contribution in [3.05, 3.63) is 12.2 Å². The second kappa shape index (κ2) is 13.2. The second-order valence-electron chi connectivity index (χ2n) is 9.38. The molecule has 1 heteroatoms. The third-order valence-electron chi connectivity index (χ3n) is 6.78. The molecule has 3 rings (SSSR count). The van der Waals surface area contributed by atoms with Gasteiger partial charge in [0.15, 0.2) is 0 Å². The normalized spacial score (nSPS) is 30.7. The highest BCUT2D eigenvalue weighted by molar-refractivity contribution is 6.18. The van der Waals surface area contributed by atoms with Crippen LogP contribution in [-0.4, -0.2) is 5.88 Å². The molecule has 0 aromatic carbocycles. The summed E-state index contributed by atoms with van der Waals surface area (Å²) in [5.74, 6) is 5.22. The topological polar surface area (TPSA) is 0 Å². The molecule has 0 nitrogen and oxygen atoms in total. The molecule has 3 aliphatic rings. The van der Waals surface area contributed by atoms with Crippen LogP contribution < -0.4 is 0 Å². The molecule has 0 aromatic rings. The molecule has 0 aliphatic heterocycles. The molecule has 0 radical (unpaired) electrons. The predicted molar refractivity (Wildman–Crippen MR) is 115 cm³/mol. The van der Waals surface area contributed by atoms with Crippen molar-refractivity contribution in [3.63, 3.8) is 0 Å². The summed E-state index contributed by atoms with van der Waals surface area (Å²) < 4.78 is 0. The van der Waals surface area contributed by atoms with Gasteiger partial charge in [0.05, 0.1) is 0 Å². The van der Waals surface area contributed by atoms with E-state index >= 15 is 0 Å². The first kappa shape index (κ1) is 23.1. The highest BCUT2D eigenvalue weighted by Gasteiger charge is 2.26. The Bertz CT molecular complexity index is 336. The summed E-state index contributed by atoms with van der Waals surface area (Å²) in [6.07, 6.45) is 17.3. The minimum Gasteiger partial charge on any atom is -0.126 e. The lowest BCUT2D eigenvalue weighted by Crippen LogP contribution is -2.24. The molecule has 0 heterocycles. The molecule has 148 valence electrons. The first-order chi connectivity index (χ1) is 11.9. The van der Waals surface area contributed by atoms with E-state index in [1.165, 1.54) is 82.6 Å². The molecule has 0 bridgehead atoms. The van der Waals surface area contributed by atoms with Crippen molar-refractivity contribution >= 4 is 11.6 Å². The third kappa shape index (κ3) is 10.1. The van der Waals surface area contributed by atoms with Crippen LogP contribution in [0.25, 0.3) is 0 Å². The third-order valence-corrected chi connectivity index (χ3v) is 7.18. The average molecular weight is 369 g/mol. The van der Waals surface area contributed by atoms with E-state index < -0.39 is 0 Å². The largest absolute Gasteiger partial charge is 0.126 e. The van der Waals surface area contributed by atoms with Crippen LogP contribution in [0.2, 0.25) is 0 Å². The Morgan fingerprint density at radius 3 is 1.56 bits per heavy atom. The van der Waals surface area contributed by atoms with E-state index in [1.807, 2.05) is 0 Å². The van der Waals surface area contributed by atoms with Crippen LogP contribution in [0.3, 0.4) is 0 Å². The quantitative estimate of drug-likeness (QED) is 0.338. The van der Waals surface area contributed by atoms with Crippen molar-refractivity contribution in [2.75, 3.05) is 5.88 Å². The fourth-order valence-electron chi connectivity index (χ4n) is 4.57. The zero-order valence-corrected chi connectivity index (χ0v) is 18.4. The minimum absolute atomic E-state index is 0.752. The Hall–Kier alpha value is 0.0300. The van der Waals surface area contributed by atoms with Gasteiger partial charge in [0.1, 0.15) is 0 Å². The summed E-state index contributed by atoms with van der Waals surface area (Å²) in [6.45, 7) is 13.2. The smallest absolute Gasteiger partial charge is 0.0254 e. The van der Waals surface area contributed by atoms with E-state index in [-0.39, 0.29) is 0 Å².